The molecule has 0 spiro atoms. The largest absolute Gasteiger partial charge is 0.382 e. The number of aromatic nitrogens is 7. The van der Waals surface area contributed by atoms with Gasteiger partial charge in [-0.25, -0.2) is 22.7 Å². The van der Waals surface area contributed by atoms with Crippen molar-refractivity contribution in [1.29, 1.82) is 0 Å². The van der Waals surface area contributed by atoms with Crippen LogP contribution in [0.3, 0.4) is 0 Å². The number of para-hydroxylation sites is 1. The number of anilines is 2. The molecular weight excluding hydrogens is 872 g/mol. The van der Waals surface area contributed by atoms with Crippen molar-refractivity contribution in [3.05, 3.63) is 65.4 Å². The first-order valence-corrected chi connectivity index (χ1v) is 23.3. The van der Waals surface area contributed by atoms with E-state index in [4.69, 9.17) is 24.3 Å². The fourth-order valence-corrected chi connectivity index (χ4v) is 10.1. The van der Waals surface area contributed by atoms with Gasteiger partial charge in [0.05, 0.1) is 72.1 Å². The predicted octanol–water partition coefficient (Wildman–Crippen LogP) is 5.38. The molecule has 2 N–H and O–H groups in total. The van der Waals surface area contributed by atoms with Crippen LogP contribution in [0.2, 0.25) is 0 Å². The van der Waals surface area contributed by atoms with Crippen molar-refractivity contribution >= 4 is 45.8 Å². The molecule has 2 aliphatic carbocycles. The SMILES string of the molecule is COC[C@@H]1CN(c2ccn3ncc(C(=O)Nc4cn(C5CCC(CN6CC[C@@H](OCC#Cc7cccc8c(C9CCC(=O)NC9=O)nn(C9CC9)c78)[C@@H](F)C6)CC5)nc4C(F)F)c3n2)CCO1. The van der Waals surface area contributed by atoms with E-state index in [0.717, 1.165) is 48.7 Å². The lowest BCUT2D eigenvalue weighted by Gasteiger charge is -2.38. The molecular formula is C47H54F3N11O6. The van der Waals surface area contributed by atoms with Gasteiger partial charge in [0, 0.05) is 64.0 Å². The van der Waals surface area contributed by atoms with E-state index < -0.39 is 36.2 Å². The lowest BCUT2D eigenvalue weighted by Crippen LogP contribution is -2.47. The molecule has 5 aromatic rings. The highest BCUT2D eigenvalue weighted by Gasteiger charge is 2.36. The predicted molar refractivity (Wildman–Crippen MR) is 239 cm³/mol. The zero-order chi connectivity index (χ0) is 46.2. The number of ether oxygens (including phenoxy) is 3. The molecule has 3 aliphatic heterocycles. The molecule has 7 heterocycles. The maximum atomic E-state index is 15.6. The minimum atomic E-state index is -2.91. The Morgan fingerprint density at radius 1 is 1.03 bits per heavy atom. The maximum absolute atomic E-state index is 15.6. The number of fused-ring (bicyclic) bond motifs is 2. The van der Waals surface area contributed by atoms with E-state index in [0.29, 0.717) is 81.6 Å². The Balaban J connectivity index is 0.711. The molecule has 67 heavy (non-hydrogen) atoms. The lowest BCUT2D eigenvalue weighted by atomic mass is 9.85. The molecule has 2 saturated carbocycles. The highest BCUT2D eigenvalue weighted by atomic mass is 19.3. The Bertz CT molecular complexity index is 2700. The number of alkyl halides is 3. The van der Waals surface area contributed by atoms with E-state index >= 15 is 4.39 Å². The Hall–Kier alpha value is -5.88. The second kappa shape index (κ2) is 19.4. The van der Waals surface area contributed by atoms with E-state index in [1.54, 1.807) is 24.1 Å². The Morgan fingerprint density at radius 3 is 2.64 bits per heavy atom. The van der Waals surface area contributed by atoms with Gasteiger partial charge in [0.15, 0.2) is 11.3 Å². The number of benzene rings is 1. The average Bonchev–Trinajstić information content (AvgIpc) is 3.75. The van der Waals surface area contributed by atoms with Crippen LogP contribution < -0.4 is 15.5 Å². The van der Waals surface area contributed by atoms with Crippen LogP contribution in [-0.4, -0.2) is 135 Å². The maximum Gasteiger partial charge on any atom is 0.284 e. The molecule has 4 aromatic heterocycles. The standard InChI is InChI=1S/C47H54F3N11O6/c1-65-27-32-24-58(19-21-66-32)39-16-18-59-45(53-39)35(22-51-59)47(64)52-37-26-60(55-42(37)44(49)50)30-9-7-28(8-10-30)23-57-17-15-38(36(48)25-57)67-20-3-5-29-4-2-6-33-41(34-13-14-40(62)54-46(34)63)56-61(43(29)33)31-11-12-31/h2,4,6,16,18,22,26,28,30-32,34,36,38,44H,7-15,17,19-21,23-25,27H2,1H3,(H,52,64)(H,54,62,63)/t28?,30?,32-,34?,36-,38+/m0/s1. The number of methoxy groups -OCH3 is 1. The number of imide groups is 1. The van der Waals surface area contributed by atoms with E-state index in [2.05, 4.69) is 37.6 Å². The summed E-state index contributed by atoms with van der Waals surface area (Å²) in [6.07, 6.45) is 6.07. The number of piperidine rings is 2. The molecule has 3 amide bonds. The summed E-state index contributed by atoms with van der Waals surface area (Å²) in [5.74, 6) is 5.56. The number of nitrogens with one attached hydrogen (secondary N) is 2. The van der Waals surface area contributed by atoms with E-state index in [1.807, 2.05) is 27.8 Å². The Labute approximate surface area is 384 Å². The van der Waals surface area contributed by atoms with Gasteiger partial charge < -0.3 is 24.4 Å². The van der Waals surface area contributed by atoms with Crippen LogP contribution in [0.5, 0.6) is 0 Å². The van der Waals surface area contributed by atoms with Gasteiger partial charge in [0.2, 0.25) is 11.8 Å². The molecule has 5 fully saturated rings. The number of rotatable bonds is 13. The number of amides is 3. The van der Waals surface area contributed by atoms with Crippen LogP contribution >= 0.6 is 0 Å². The van der Waals surface area contributed by atoms with E-state index in [-0.39, 0.29) is 60.8 Å². The number of carbonyl (C=O) groups is 3. The smallest absolute Gasteiger partial charge is 0.284 e. The monoisotopic (exact) mass is 925 g/mol. The van der Waals surface area contributed by atoms with Gasteiger partial charge in [0.1, 0.15) is 24.2 Å². The van der Waals surface area contributed by atoms with Crippen molar-refractivity contribution in [2.75, 3.05) is 69.9 Å². The number of likely N-dealkylation sites (tertiary alicyclic amines) is 1. The van der Waals surface area contributed by atoms with Gasteiger partial charge in [-0.2, -0.15) is 15.3 Å². The first kappa shape index (κ1) is 44.9. The van der Waals surface area contributed by atoms with Crippen molar-refractivity contribution in [3.63, 3.8) is 0 Å². The average molecular weight is 926 g/mol. The number of carbonyl (C=O) groups excluding carboxylic acids is 3. The van der Waals surface area contributed by atoms with Crippen LogP contribution in [0, 0.1) is 17.8 Å². The highest BCUT2D eigenvalue weighted by molar-refractivity contribution is 6.08. The summed E-state index contributed by atoms with van der Waals surface area (Å²) in [4.78, 5) is 47.1. The summed E-state index contributed by atoms with van der Waals surface area (Å²) < 4.78 is 66.3. The molecule has 4 atom stereocenters. The summed E-state index contributed by atoms with van der Waals surface area (Å²) in [7, 11) is 1.62. The first-order valence-electron chi connectivity index (χ1n) is 23.3. The minimum absolute atomic E-state index is 0.0581. The van der Waals surface area contributed by atoms with Crippen LogP contribution in [-0.2, 0) is 23.8 Å². The molecule has 20 heteroatoms. The summed E-state index contributed by atoms with van der Waals surface area (Å²) in [5, 5.41) is 19.4. The molecule has 354 valence electrons. The third-order valence-corrected chi connectivity index (χ3v) is 13.7. The zero-order valence-corrected chi connectivity index (χ0v) is 37.3. The van der Waals surface area contributed by atoms with Gasteiger partial charge >= 0.3 is 0 Å². The minimum Gasteiger partial charge on any atom is -0.382 e. The van der Waals surface area contributed by atoms with Crippen molar-refractivity contribution in [1.82, 2.24) is 44.4 Å². The molecule has 3 saturated heterocycles. The van der Waals surface area contributed by atoms with Gasteiger partial charge in [0.25, 0.3) is 12.3 Å². The zero-order valence-electron chi connectivity index (χ0n) is 37.3. The third kappa shape index (κ3) is 9.64. The Morgan fingerprint density at radius 2 is 1.87 bits per heavy atom. The Kier molecular flexibility index (Phi) is 13.0. The number of halogens is 3. The number of morpholine rings is 1. The van der Waals surface area contributed by atoms with Crippen molar-refractivity contribution in [2.45, 2.75) is 101 Å². The lowest BCUT2D eigenvalue weighted by molar-refractivity contribution is -0.134. The van der Waals surface area contributed by atoms with Gasteiger partial charge in [-0.15, -0.1) is 0 Å². The molecule has 17 nitrogen and oxygen atoms in total. The van der Waals surface area contributed by atoms with Gasteiger partial charge in [-0.3, -0.25) is 34.0 Å². The molecule has 1 unspecified atom stereocenters. The van der Waals surface area contributed by atoms with Gasteiger partial charge in [-0.05, 0) is 69.4 Å². The number of hydrogen-bond donors (Lipinski definition) is 2. The second-order valence-electron chi connectivity index (χ2n) is 18.3. The fourth-order valence-electron chi connectivity index (χ4n) is 10.1. The summed E-state index contributed by atoms with van der Waals surface area (Å²) in [6.45, 7) is 3.85. The van der Waals surface area contributed by atoms with Crippen LogP contribution in [0.25, 0.3) is 16.6 Å². The van der Waals surface area contributed by atoms with Crippen LogP contribution in [0.4, 0.5) is 24.7 Å². The normalized spacial score (nSPS) is 25.1. The quantitative estimate of drug-likeness (QED) is 0.114. The van der Waals surface area contributed by atoms with Crippen molar-refractivity contribution in [2.24, 2.45) is 5.92 Å². The first-order chi connectivity index (χ1) is 32.6. The van der Waals surface area contributed by atoms with Crippen molar-refractivity contribution in [3.8, 4) is 11.8 Å². The molecule has 5 aliphatic rings. The topological polar surface area (TPSA) is 175 Å². The third-order valence-electron chi connectivity index (χ3n) is 13.7. The molecule has 1 aromatic carbocycles. The summed E-state index contributed by atoms with van der Waals surface area (Å²) >= 11 is 0. The van der Waals surface area contributed by atoms with Gasteiger partial charge in [-0.1, -0.05) is 24.0 Å². The van der Waals surface area contributed by atoms with Crippen molar-refractivity contribution < 1.29 is 41.8 Å². The van der Waals surface area contributed by atoms with Crippen LogP contribution in [0.1, 0.15) is 110 Å². The van der Waals surface area contributed by atoms with Crippen LogP contribution in [0.15, 0.2) is 42.9 Å². The number of nitrogens with zero attached hydrogens (tertiary/aromatic N) is 9. The fraction of sp³-hybridized carbons (Fsp3) is 0.553. The summed E-state index contributed by atoms with van der Waals surface area (Å²) in [5.41, 5.74) is 2.18. The highest BCUT2D eigenvalue weighted by Crippen LogP contribution is 2.41. The molecule has 10 rings (SSSR count). The second-order valence-corrected chi connectivity index (χ2v) is 18.3. The molecule has 0 radical (unpaired) electrons. The molecule has 0 bridgehead atoms. The van der Waals surface area contributed by atoms with E-state index in [1.165, 1.54) is 16.9 Å². The number of hydrogen-bond acceptors (Lipinski definition) is 12. The van der Waals surface area contributed by atoms with E-state index in [9.17, 15) is 23.2 Å². The summed E-state index contributed by atoms with van der Waals surface area (Å²) in [6, 6.07) is 7.68.